The number of rotatable bonds is 3. The van der Waals surface area contributed by atoms with Crippen LogP contribution >= 0.6 is 0 Å². The normalized spacial score (nSPS) is 17.8. The average molecular weight is 289 g/mol. The van der Waals surface area contributed by atoms with Crippen LogP contribution in [0.4, 0.5) is 5.69 Å². The molecule has 1 aromatic rings. The molecule has 0 radical (unpaired) electrons. The van der Waals surface area contributed by atoms with E-state index in [2.05, 4.69) is 16.0 Å². The molecule has 0 spiro atoms. The van der Waals surface area contributed by atoms with Gasteiger partial charge >= 0.3 is 0 Å². The topological polar surface area (TPSA) is 87.3 Å². The summed E-state index contributed by atoms with van der Waals surface area (Å²) in [7, 11) is 1.56. The molecule has 1 atom stereocenters. The van der Waals surface area contributed by atoms with Gasteiger partial charge in [0, 0.05) is 31.3 Å². The smallest absolute Gasteiger partial charge is 0.251 e. The molecule has 6 nitrogen and oxygen atoms in total. The van der Waals surface area contributed by atoms with E-state index in [1.54, 1.807) is 25.2 Å². The third-order valence-corrected chi connectivity index (χ3v) is 3.62. The van der Waals surface area contributed by atoms with Gasteiger partial charge in [-0.2, -0.15) is 0 Å². The largest absolute Gasteiger partial charge is 0.355 e. The van der Waals surface area contributed by atoms with Crippen molar-refractivity contribution in [1.29, 1.82) is 0 Å². The van der Waals surface area contributed by atoms with E-state index in [1.165, 1.54) is 0 Å². The van der Waals surface area contributed by atoms with Crippen molar-refractivity contribution in [2.24, 2.45) is 5.92 Å². The van der Waals surface area contributed by atoms with Gasteiger partial charge in [-0.25, -0.2) is 0 Å². The summed E-state index contributed by atoms with van der Waals surface area (Å²) in [5.74, 6) is -0.579. The Morgan fingerprint density at radius 2 is 2.10 bits per heavy atom. The zero-order chi connectivity index (χ0) is 15.4. The molecule has 3 N–H and O–H groups in total. The molecule has 3 amide bonds. The minimum Gasteiger partial charge on any atom is -0.355 e. The molecule has 0 saturated carbocycles. The standard InChI is InChI=1S/C15H19N3O3/c1-9-3-4-10(14(20)16-2)7-12(9)18-15(21)11-5-6-13(19)17-8-11/h3-4,7,11H,5-6,8H2,1-2H3,(H,16,20)(H,17,19)(H,18,21). The van der Waals surface area contributed by atoms with E-state index >= 15 is 0 Å². The van der Waals surface area contributed by atoms with E-state index in [4.69, 9.17) is 0 Å². The number of aryl methyl sites for hydroxylation is 1. The summed E-state index contributed by atoms with van der Waals surface area (Å²) in [5, 5.41) is 8.08. The highest BCUT2D eigenvalue weighted by atomic mass is 16.2. The lowest BCUT2D eigenvalue weighted by atomic mass is 9.98. The van der Waals surface area contributed by atoms with Crippen LogP contribution in [0.3, 0.4) is 0 Å². The van der Waals surface area contributed by atoms with E-state index < -0.39 is 0 Å². The Bertz CT molecular complexity index is 574. The highest BCUT2D eigenvalue weighted by Crippen LogP contribution is 2.19. The number of benzene rings is 1. The quantitative estimate of drug-likeness (QED) is 0.770. The van der Waals surface area contributed by atoms with Gasteiger partial charge in [-0.3, -0.25) is 14.4 Å². The third-order valence-electron chi connectivity index (χ3n) is 3.62. The first-order chi connectivity index (χ1) is 10.0. The van der Waals surface area contributed by atoms with Crippen LogP contribution in [0, 0.1) is 12.8 Å². The van der Waals surface area contributed by atoms with Gasteiger partial charge in [0.2, 0.25) is 11.8 Å². The summed E-state index contributed by atoms with van der Waals surface area (Å²) in [6, 6.07) is 5.17. The van der Waals surface area contributed by atoms with Crippen molar-refractivity contribution in [2.45, 2.75) is 19.8 Å². The monoisotopic (exact) mass is 289 g/mol. The van der Waals surface area contributed by atoms with Crippen LogP contribution in [0.2, 0.25) is 0 Å². The Morgan fingerprint density at radius 3 is 2.71 bits per heavy atom. The minimum absolute atomic E-state index is 0.0168. The number of anilines is 1. The molecule has 2 rings (SSSR count). The number of hydrogen-bond acceptors (Lipinski definition) is 3. The Labute approximate surface area is 123 Å². The zero-order valence-corrected chi connectivity index (χ0v) is 12.2. The Kier molecular flexibility index (Phi) is 4.57. The van der Waals surface area contributed by atoms with Crippen LogP contribution in [0.25, 0.3) is 0 Å². The summed E-state index contributed by atoms with van der Waals surface area (Å²) < 4.78 is 0. The molecule has 1 fully saturated rings. The maximum atomic E-state index is 12.2. The van der Waals surface area contributed by atoms with E-state index in [0.29, 0.717) is 30.6 Å². The summed E-state index contributed by atoms with van der Waals surface area (Å²) in [4.78, 5) is 35.0. The predicted molar refractivity (Wildman–Crippen MR) is 78.9 cm³/mol. The van der Waals surface area contributed by atoms with Gasteiger partial charge in [-0.15, -0.1) is 0 Å². The Hall–Kier alpha value is -2.37. The molecule has 1 unspecified atom stereocenters. The predicted octanol–water partition coefficient (Wildman–Crippen LogP) is 0.819. The highest BCUT2D eigenvalue weighted by Gasteiger charge is 2.24. The number of hydrogen-bond donors (Lipinski definition) is 3. The van der Waals surface area contributed by atoms with Crippen LogP contribution < -0.4 is 16.0 Å². The van der Waals surface area contributed by atoms with E-state index in [1.807, 2.05) is 6.92 Å². The van der Waals surface area contributed by atoms with Gasteiger partial charge in [0.15, 0.2) is 0 Å². The van der Waals surface area contributed by atoms with Gasteiger partial charge in [0.1, 0.15) is 0 Å². The second kappa shape index (κ2) is 6.39. The number of carbonyl (C=O) groups excluding carboxylic acids is 3. The fourth-order valence-corrected chi connectivity index (χ4v) is 2.23. The molecule has 1 heterocycles. The van der Waals surface area contributed by atoms with Crippen molar-refractivity contribution >= 4 is 23.4 Å². The second-order valence-electron chi connectivity index (χ2n) is 5.14. The SMILES string of the molecule is CNC(=O)c1ccc(C)c(NC(=O)C2CCC(=O)NC2)c1. The zero-order valence-electron chi connectivity index (χ0n) is 12.2. The molecule has 112 valence electrons. The average Bonchev–Trinajstić information content (AvgIpc) is 2.49. The lowest BCUT2D eigenvalue weighted by molar-refractivity contribution is -0.126. The summed E-state index contributed by atoms with van der Waals surface area (Å²) in [5.41, 5.74) is 2.00. The molecule has 1 aliphatic heterocycles. The lowest BCUT2D eigenvalue weighted by Gasteiger charge is -2.22. The molecular weight excluding hydrogens is 270 g/mol. The van der Waals surface area contributed by atoms with Crippen molar-refractivity contribution in [3.8, 4) is 0 Å². The van der Waals surface area contributed by atoms with Crippen molar-refractivity contribution in [3.05, 3.63) is 29.3 Å². The summed E-state index contributed by atoms with van der Waals surface area (Å²) in [6.07, 6.45) is 0.918. The molecular formula is C15H19N3O3. The first-order valence-electron chi connectivity index (χ1n) is 6.91. The van der Waals surface area contributed by atoms with Crippen molar-refractivity contribution < 1.29 is 14.4 Å². The van der Waals surface area contributed by atoms with Gasteiger partial charge in [-0.1, -0.05) is 6.07 Å². The van der Waals surface area contributed by atoms with Gasteiger partial charge in [-0.05, 0) is 31.0 Å². The summed E-state index contributed by atoms with van der Waals surface area (Å²) >= 11 is 0. The number of nitrogens with one attached hydrogen (secondary N) is 3. The van der Waals surface area contributed by atoms with Gasteiger partial charge < -0.3 is 16.0 Å². The van der Waals surface area contributed by atoms with Crippen LogP contribution in [-0.2, 0) is 9.59 Å². The Balaban J connectivity index is 2.09. The fourth-order valence-electron chi connectivity index (χ4n) is 2.23. The first-order valence-corrected chi connectivity index (χ1v) is 6.91. The fraction of sp³-hybridized carbons (Fsp3) is 0.400. The maximum absolute atomic E-state index is 12.2. The molecule has 1 aliphatic rings. The Morgan fingerprint density at radius 1 is 1.33 bits per heavy atom. The van der Waals surface area contributed by atoms with Crippen molar-refractivity contribution in [1.82, 2.24) is 10.6 Å². The van der Waals surface area contributed by atoms with Crippen LogP contribution in [-0.4, -0.2) is 31.3 Å². The highest BCUT2D eigenvalue weighted by molar-refractivity contribution is 5.98. The minimum atomic E-state index is -0.231. The molecule has 6 heteroatoms. The third kappa shape index (κ3) is 3.59. The number of carbonyl (C=O) groups is 3. The molecule has 0 aliphatic carbocycles. The van der Waals surface area contributed by atoms with E-state index in [0.717, 1.165) is 5.56 Å². The molecule has 0 bridgehead atoms. The van der Waals surface area contributed by atoms with E-state index in [-0.39, 0.29) is 23.6 Å². The van der Waals surface area contributed by atoms with Gasteiger partial charge in [0.05, 0.1) is 5.92 Å². The lowest BCUT2D eigenvalue weighted by Crippen LogP contribution is -2.40. The summed E-state index contributed by atoms with van der Waals surface area (Å²) in [6.45, 7) is 2.23. The molecule has 21 heavy (non-hydrogen) atoms. The molecule has 1 saturated heterocycles. The van der Waals surface area contributed by atoms with Crippen molar-refractivity contribution in [3.63, 3.8) is 0 Å². The first kappa shape index (κ1) is 15.0. The van der Waals surface area contributed by atoms with Crippen LogP contribution in [0.15, 0.2) is 18.2 Å². The molecule has 1 aromatic carbocycles. The second-order valence-corrected chi connectivity index (χ2v) is 5.14. The number of amides is 3. The van der Waals surface area contributed by atoms with Gasteiger partial charge in [0.25, 0.3) is 5.91 Å². The van der Waals surface area contributed by atoms with Crippen LogP contribution in [0.1, 0.15) is 28.8 Å². The van der Waals surface area contributed by atoms with E-state index in [9.17, 15) is 14.4 Å². The van der Waals surface area contributed by atoms with Crippen LogP contribution in [0.5, 0.6) is 0 Å². The number of piperidine rings is 1. The maximum Gasteiger partial charge on any atom is 0.251 e. The molecule has 0 aromatic heterocycles. The van der Waals surface area contributed by atoms with Crippen molar-refractivity contribution in [2.75, 3.05) is 18.9 Å².